The van der Waals surface area contributed by atoms with Gasteiger partial charge in [-0.15, -0.1) is 11.8 Å². The number of H-pyrrole nitrogens is 1. The first-order chi connectivity index (χ1) is 15.1. The number of hydrogen-bond donors (Lipinski definition) is 2. The summed E-state index contributed by atoms with van der Waals surface area (Å²) in [7, 11) is 3.21. The number of imidazole rings is 1. The predicted molar refractivity (Wildman–Crippen MR) is 116 cm³/mol. The lowest BCUT2D eigenvalue weighted by molar-refractivity contribution is -0.113. The molecule has 0 aliphatic carbocycles. The molecule has 1 aliphatic rings. The van der Waals surface area contributed by atoms with Crippen LogP contribution in [0.5, 0.6) is 11.5 Å². The van der Waals surface area contributed by atoms with E-state index < -0.39 is 0 Å². The molecule has 0 radical (unpaired) electrons. The van der Waals surface area contributed by atoms with Gasteiger partial charge in [0.25, 0.3) is 0 Å². The zero-order chi connectivity index (χ0) is 21.5. The van der Waals surface area contributed by atoms with Crippen LogP contribution in [-0.2, 0) is 4.79 Å². The van der Waals surface area contributed by atoms with E-state index in [1.807, 2.05) is 25.1 Å². The molecule has 0 fully saturated rings. The minimum atomic E-state index is -0.202. The average molecular weight is 437 g/mol. The summed E-state index contributed by atoms with van der Waals surface area (Å²) in [5.74, 6) is 2.50. The summed E-state index contributed by atoms with van der Waals surface area (Å²) in [6.45, 7) is 1.92. The third kappa shape index (κ3) is 3.08. The van der Waals surface area contributed by atoms with Gasteiger partial charge in [0, 0.05) is 11.1 Å². The maximum atomic E-state index is 12.6. The Morgan fingerprint density at radius 1 is 1.19 bits per heavy atom. The van der Waals surface area contributed by atoms with Crippen LogP contribution in [0, 0.1) is 6.92 Å². The summed E-state index contributed by atoms with van der Waals surface area (Å²) in [6, 6.07) is 5.74. The fourth-order valence-electron chi connectivity index (χ4n) is 3.81. The van der Waals surface area contributed by atoms with Gasteiger partial charge >= 0.3 is 0 Å². The summed E-state index contributed by atoms with van der Waals surface area (Å²) in [5.41, 5.74) is 3.71. The Hall–Kier alpha value is -3.60. The fourth-order valence-corrected chi connectivity index (χ4v) is 5.02. The molecule has 2 N–H and O–H groups in total. The molecule has 1 amide bonds. The maximum absolute atomic E-state index is 12.6. The van der Waals surface area contributed by atoms with Crippen molar-refractivity contribution in [3.8, 4) is 17.3 Å². The molecule has 3 aromatic heterocycles. The van der Waals surface area contributed by atoms with E-state index >= 15 is 0 Å². The van der Waals surface area contributed by atoms with Crippen LogP contribution in [0.1, 0.15) is 22.1 Å². The van der Waals surface area contributed by atoms with Gasteiger partial charge in [-0.05, 0) is 13.0 Å². The Morgan fingerprint density at radius 2 is 2.06 bits per heavy atom. The van der Waals surface area contributed by atoms with E-state index in [-0.39, 0.29) is 16.9 Å². The molecule has 1 aliphatic heterocycles. The number of aryl methyl sites for hydroxylation is 1. The SMILES string of the molecule is COc1cccc(C2SCC(=O)Nc3c2c(C)nn3-c2ncnc3nc[nH]c23)c1OC. The normalized spacial score (nSPS) is 16.0. The van der Waals surface area contributed by atoms with Crippen molar-refractivity contribution in [2.45, 2.75) is 12.2 Å². The zero-order valence-electron chi connectivity index (χ0n) is 17.0. The number of anilines is 1. The number of aromatic amines is 1. The van der Waals surface area contributed by atoms with Gasteiger partial charge in [0.2, 0.25) is 5.91 Å². The lowest BCUT2D eigenvalue weighted by Gasteiger charge is -2.20. The van der Waals surface area contributed by atoms with Crippen molar-refractivity contribution in [2.24, 2.45) is 0 Å². The van der Waals surface area contributed by atoms with E-state index in [1.165, 1.54) is 18.1 Å². The average Bonchev–Trinajstić information content (AvgIpc) is 3.34. The minimum Gasteiger partial charge on any atom is -0.493 e. The highest BCUT2D eigenvalue weighted by atomic mass is 32.2. The van der Waals surface area contributed by atoms with Gasteiger partial charge in [-0.25, -0.2) is 15.0 Å². The maximum Gasteiger partial charge on any atom is 0.235 e. The number of fused-ring (bicyclic) bond motifs is 2. The van der Waals surface area contributed by atoms with Gasteiger partial charge in [0.1, 0.15) is 17.7 Å². The van der Waals surface area contributed by atoms with Crippen molar-refractivity contribution in [1.29, 1.82) is 0 Å². The van der Waals surface area contributed by atoms with E-state index in [4.69, 9.17) is 14.6 Å². The number of nitrogens with zero attached hydrogens (tertiary/aromatic N) is 5. The lowest BCUT2D eigenvalue weighted by Crippen LogP contribution is -2.16. The highest BCUT2D eigenvalue weighted by Gasteiger charge is 2.33. The highest BCUT2D eigenvalue weighted by Crippen LogP contribution is 2.48. The molecule has 31 heavy (non-hydrogen) atoms. The van der Waals surface area contributed by atoms with Crippen molar-refractivity contribution in [2.75, 3.05) is 25.3 Å². The van der Waals surface area contributed by atoms with Crippen LogP contribution >= 0.6 is 11.8 Å². The largest absolute Gasteiger partial charge is 0.493 e. The van der Waals surface area contributed by atoms with Crippen LogP contribution in [0.4, 0.5) is 5.82 Å². The molecule has 10 nitrogen and oxygen atoms in total. The topological polar surface area (TPSA) is 120 Å². The fraction of sp³-hybridized carbons (Fsp3) is 0.250. The van der Waals surface area contributed by atoms with Gasteiger partial charge in [0.05, 0.1) is 37.2 Å². The third-order valence-electron chi connectivity index (χ3n) is 5.13. The number of rotatable bonds is 4. The van der Waals surface area contributed by atoms with Crippen LogP contribution in [0.2, 0.25) is 0 Å². The molecule has 4 heterocycles. The molecule has 0 saturated heterocycles. The molecule has 0 spiro atoms. The van der Waals surface area contributed by atoms with Crippen LogP contribution in [0.15, 0.2) is 30.9 Å². The second-order valence-corrected chi connectivity index (χ2v) is 7.97. The number of ether oxygens (including phenoxy) is 2. The van der Waals surface area contributed by atoms with Gasteiger partial charge < -0.3 is 19.8 Å². The van der Waals surface area contributed by atoms with E-state index in [1.54, 1.807) is 25.2 Å². The second kappa shape index (κ2) is 7.58. The quantitative estimate of drug-likeness (QED) is 0.500. The van der Waals surface area contributed by atoms with Crippen LogP contribution < -0.4 is 14.8 Å². The summed E-state index contributed by atoms with van der Waals surface area (Å²) >= 11 is 1.51. The van der Waals surface area contributed by atoms with Crippen molar-refractivity contribution in [3.05, 3.63) is 47.7 Å². The Kier molecular flexibility index (Phi) is 4.74. The van der Waals surface area contributed by atoms with E-state index in [9.17, 15) is 4.79 Å². The number of benzene rings is 1. The first kappa shape index (κ1) is 19.4. The number of aromatic nitrogens is 6. The number of amides is 1. The summed E-state index contributed by atoms with van der Waals surface area (Å²) in [6.07, 6.45) is 2.98. The van der Waals surface area contributed by atoms with E-state index in [2.05, 4.69) is 25.3 Å². The monoisotopic (exact) mass is 437 g/mol. The minimum absolute atomic E-state index is 0.119. The van der Waals surface area contributed by atoms with E-state index in [0.717, 1.165) is 16.8 Å². The van der Waals surface area contributed by atoms with Crippen LogP contribution in [-0.4, -0.2) is 55.6 Å². The lowest BCUT2D eigenvalue weighted by atomic mass is 10.0. The van der Waals surface area contributed by atoms with Gasteiger partial charge in [0.15, 0.2) is 23.0 Å². The number of nitrogens with one attached hydrogen (secondary N) is 2. The van der Waals surface area contributed by atoms with Crippen molar-refractivity contribution >= 4 is 34.7 Å². The van der Waals surface area contributed by atoms with Gasteiger partial charge in [-0.3, -0.25) is 4.79 Å². The van der Waals surface area contributed by atoms with Gasteiger partial charge in [-0.1, -0.05) is 12.1 Å². The molecule has 1 aromatic carbocycles. The number of hydrogen-bond acceptors (Lipinski definition) is 8. The second-order valence-electron chi connectivity index (χ2n) is 6.88. The molecular weight excluding hydrogens is 418 g/mol. The number of carbonyl (C=O) groups excluding carboxylic acids is 1. The van der Waals surface area contributed by atoms with Crippen molar-refractivity contribution < 1.29 is 14.3 Å². The van der Waals surface area contributed by atoms with Crippen molar-refractivity contribution in [3.63, 3.8) is 0 Å². The summed E-state index contributed by atoms with van der Waals surface area (Å²) < 4.78 is 12.8. The van der Waals surface area contributed by atoms with Crippen molar-refractivity contribution in [1.82, 2.24) is 29.7 Å². The number of carbonyl (C=O) groups is 1. The zero-order valence-corrected chi connectivity index (χ0v) is 17.9. The Balaban J connectivity index is 1.74. The first-order valence-electron chi connectivity index (χ1n) is 9.48. The number of methoxy groups -OCH3 is 2. The Labute approximate surface area is 181 Å². The molecule has 11 heteroatoms. The molecular formula is C20H19N7O3S. The third-order valence-corrected chi connectivity index (χ3v) is 6.38. The molecule has 5 rings (SSSR count). The molecule has 1 unspecified atom stereocenters. The molecule has 0 bridgehead atoms. The summed E-state index contributed by atoms with van der Waals surface area (Å²) in [4.78, 5) is 28.4. The first-order valence-corrected chi connectivity index (χ1v) is 10.5. The Bertz CT molecular complexity index is 1300. The van der Waals surface area contributed by atoms with Gasteiger partial charge in [-0.2, -0.15) is 9.78 Å². The summed E-state index contributed by atoms with van der Waals surface area (Å²) in [5, 5.41) is 7.53. The molecule has 1 atom stereocenters. The van der Waals surface area contributed by atoms with Crippen LogP contribution in [0.3, 0.4) is 0 Å². The Morgan fingerprint density at radius 3 is 2.87 bits per heavy atom. The number of para-hydroxylation sites is 1. The predicted octanol–water partition coefficient (Wildman–Crippen LogP) is 2.64. The molecule has 158 valence electrons. The molecule has 0 saturated carbocycles. The standard InChI is InChI=1S/C20H19N7O3S/c1-10-14-17(11-5-4-6-12(29-2)16(11)30-3)31-7-13(28)25-19(14)27(26-10)20-15-18(22-8-21-15)23-9-24-20/h4-6,8-9,17H,7H2,1-3H3,(H,25,28)(H,21,22,23,24). The highest BCUT2D eigenvalue weighted by molar-refractivity contribution is 8.00. The smallest absolute Gasteiger partial charge is 0.235 e. The van der Waals surface area contributed by atoms with Crippen LogP contribution in [0.25, 0.3) is 17.0 Å². The van der Waals surface area contributed by atoms with E-state index in [0.29, 0.717) is 34.3 Å². The number of thioether (sulfide) groups is 1. The molecule has 4 aromatic rings.